The fraction of sp³-hybridized carbons (Fsp3) is 0.429. The molecule has 0 heterocycles. The van der Waals surface area contributed by atoms with Crippen LogP contribution in [0.5, 0.6) is 5.75 Å². The van der Waals surface area contributed by atoms with Gasteiger partial charge in [0.2, 0.25) is 0 Å². The maximum absolute atomic E-state index is 10.1. The molecule has 0 radical (unpaired) electrons. The molecule has 4 rings (SSSR count). The van der Waals surface area contributed by atoms with Crippen molar-refractivity contribution in [2.45, 2.75) is 84.0 Å². The van der Waals surface area contributed by atoms with Crippen molar-refractivity contribution in [1.82, 2.24) is 0 Å². The smallest absolute Gasteiger partial charge is 0.119 e. The van der Waals surface area contributed by atoms with Gasteiger partial charge in [0, 0.05) is 11.1 Å². The molecule has 0 aliphatic heterocycles. The zero-order chi connectivity index (χ0) is 26.7. The van der Waals surface area contributed by atoms with Crippen molar-refractivity contribution in [3.05, 3.63) is 77.4 Å². The lowest BCUT2D eigenvalue weighted by Gasteiger charge is -2.29. The number of hydrogen-bond donors (Lipinski definition) is 0. The van der Waals surface area contributed by atoms with E-state index in [2.05, 4.69) is 50.3 Å². The lowest BCUT2D eigenvalue weighted by molar-refractivity contribution is 0.303. The zero-order valence-electron chi connectivity index (χ0n) is 23.0. The summed E-state index contributed by atoms with van der Waals surface area (Å²) in [5.41, 5.74) is 5.76. The molecular weight excluding hydrogens is 464 g/mol. The van der Waals surface area contributed by atoms with Crippen LogP contribution in [0.1, 0.15) is 101 Å². The van der Waals surface area contributed by atoms with E-state index >= 15 is 0 Å². The Morgan fingerprint density at radius 2 is 1.24 bits per heavy atom. The van der Waals surface area contributed by atoms with Gasteiger partial charge in [0.15, 0.2) is 0 Å². The Morgan fingerprint density at radius 1 is 0.684 bits per heavy atom. The van der Waals surface area contributed by atoms with Gasteiger partial charge in [-0.2, -0.15) is 10.5 Å². The van der Waals surface area contributed by atoms with Gasteiger partial charge in [-0.1, -0.05) is 94.5 Å². The highest BCUT2D eigenvalue weighted by Gasteiger charge is 2.22. The van der Waals surface area contributed by atoms with Crippen LogP contribution >= 0.6 is 0 Å². The topological polar surface area (TPSA) is 56.8 Å². The second-order valence-corrected chi connectivity index (χ2v) is 10.7. The van der Waals surface area contributed by atoms with Gasteiger partial charge in [-0.25, -0.2) is 0 Å². The van der Waals surface area contributed by atoms with Gasteiger partial charge in [0.05, 0.1) is 17.7 Å². The molecule has 0 aromatic heterocycles. The third kappa shape index (κ3) is 6.65. The van der Waals surface area contributed by atoms with Crippen molar-refractivity contribution < 1.29 is 4.74 Å². The highest BCUT2D eigenvalue weighted by atomic mass is 16.5. The SMILES string of the molecule is CCCCC[C@H]1CC[C@H](c2ccc(-c3ccc(-c4ccc(OCCCC)cc4)c(C#N)c3C#N)cc2)CC1. The van der Waals surface area contributed by atoms with E-state index in [9.17, 15) is 10.5 Å². The molecule has 0 bridgehead atoms. The van der Waals surface area contributed by atoms with E-state index in [1.54, 1.807) is 0 Å². The first-order valence-electron chi connectivity index (χ1n) is 14.5. The fourth-order valence-electron chi connectivity index (χ4n) is 5.78. The first-order valence-corrected chi connectivity index (χ1v) is 14.5. The molecule has 0 spiro atoms. The van der Waals surface area contributed by atoms with E-state index in [0.29, 0.717) is 23.7 Å². The van der Waals surface area contributed by atoms with Crippen molar-refractivity contribution in [3.8, 4) is 40.1 Å². The van der Waals surface area contributed by atoms with Crippen molar-refractivity contribution in [2.24, 2.45) is 5.92 Å². The van der Waals surface area contributed by atoms with E-state index < -0.39 is 0 Å². The largest absolute Gasteiger partial charge is 0.494 e. The van der Waals surface area contributed by atoms with Gasteiger partial charge in [-0.3, -0.25) is 0 Å². The Labute approximate surface area is 229 Å². The Bertz CT molecular complexity index is 1250. The van der Waals surface area contributed by atoms with Crippen LogP contribution in [0.15, 0.2) is 60.7 Å². The van der Waals surface area contributed by atoms with Crippen LogP contribution in [0.4, 0.5) is 0 Å². The Morgan fingerprint density at radius 3 is 1.76 bits per heavy atom. The van der Waals surface area contributed by atoms with Crippen molar-refractivity contribution in [1.29, 1.82) is 10.5 Å². The van der Waals surface area contributed by atoms with E-state index in [0.717, 1.165) is 46.8 Å². The van der Waals surface area contributed by atoms with E-state index in [-0.39, 0.29) is 0 Å². The fourth-order valence-corrected chi connectivity index (χ4v) is 5.78. The van der Waals surface area contributed by atoms with Crippen molar-refractivity contribution >= 4 is 0 Å². The van der Waals surface area contributed by atoms with Crippen molar-refractivity contribution in [3.63, 3.8) is 0 Å². The average molecular weight is 505 g/mol. The van der Waals surface area contributed by atoms with Crippen LogP contribution in [0.25, 0.3) is 22.3 Å². The summed E-state index contributed by atoms with van der Waals surface area (Å²) in [6.07, 6.45) is 12.8. The molecule has 0 amide bonds. The molecule has 3 heteroatoms. The first kappa shape index (κ1) is 27.5. The van der Waals surface area contributed by atoms with E-state index in [1.165, 1.54) is 56.9 Å². The summed E-state index contributed by atoms with van der Waals surface area (Å²) in [5.74, 6) is 2.36. The predicted molar refractivity (Wildman–Crippen MR) is 156 cm³/mol. The number of rotatable bonds is 11. The molecule has 0 unspecified atom stereocenters. The molecule has 3 aromatic rings. The van der Waals surface area contributed by atoms with Gasteiger partial charge < -0.3 is 4.74 Å². The van der Waals surface area contributed by atoms with Gasteiger partial charge in [0.1, 0.15) is 17.9 Å². The maximum atomic E-state index is 10.1. The zero-order valence-corrected chi connectivity index (χ0v) is 23.0. The number of hydrogen-bond acceptors (Lipinski definition) is 3. The van der Waals surface area contributed by atoms with Gasteiger partial charge in [-0.15, -0.1) is 0 Å². The normalized spacial score (nSPS) is 16.9. The van der Waals surface area contributed by atoms with E-state index in [4.69, 9.17) is 4.74 Å². The predicted octanol–water partition coefficient (Wildman–Crippen LogP) is 9.80. The number of ether oxygens (including phenoxy) is 1. The monoisotopic (exact) mass is 504 g/mol. The van der Waals surface area contributed by atoms with Crippen LogP contribution in [0.2, 0.25) is 0 Å². The summed E-state index contributed by atoms with van der Waals surface area (Å²) in [5, 5.41) is 20.1. The molecule has 0 N–H and O–H groups in total. The molecule has 1 aliphatic carbocycles. The second-order valence-electron chi connectivity index (χ2n) is 10.7. The molecular formula is C35H40N2O. The molecule has 1 saturated carbocycles. The number of unbranched alkanes of at least 4 members (excludes halogenated alkanes) is 3. The van der Waals surface area contributed by atoms with Gasteiger partial charge >= 0.3 is 0 Å². The maximum Gasteiger partial charge on any atom is 0.119 e. The summed E-state index contributed by atoms with van der Waals surface area (Å²) < 4.78 is 5.78. The lowest BCUT2D eigenvalue weighted by atomic mass is 9.77. The number of benzene rings is 3. The van der Waals surface area contributed by atoms with Crippen LogP contribution in [0.3, 0.4) is 0 Å². The molecule has 3 aromatic carbocycles. The Balaban J connectivity index is 1.49. The Kier molecular flexibility index (Phi) is 10.0. The molecule has 0 saturated heterocycles. The van der Waals surface area contributed by atoms with Crippen LogP contribution in [-0.2, 0) is 0 Å². The average Bonchev–Trinajstić information content (AvgIpc) is 2.97. The standard InChI is InChI=1S/C35H40N2O/c1-3-5-7-8-26-9-11-27(12-10-26)28-13-15-29(16-14-28)32-21-22-33(35(25-37)34(32)24-36)30-17-19-31(20-18-30)38-23-6-4-2/h13-22,26-27H,3-12,23H2,1-2H3/t26-,27-. The first-order chi connectivity index (χ1) is 18.7. The minimum atomic E-state index is 0.426. The summed E-state index contributed by atoms with van der Waals surface area (Å²) in [6, 6.07) is 25.1. The van der Waals surface area contributed by atoms with Crippen LogP contribution < -0.4 is 4.74 Å². The molecule has 196 valence electrons. The molecule has 3 nitrogen and oxygen atoms in total. The second kappa shape index (κ2) is 13.8. The summed E-state index contributed by atoms with van der Waals surface area (Å²) in [6.45, 7) is 5.12. The lowest BCUT2D eigenvalue weighted by Crippen LogP contribution is -2.13. The quantitative estimate of drug-likeness (QED) is 0.244. The third-order valence-corrected chi connectivity index (χ3v) is 8.12. The highest BCUT2D eigenvalue weighted by Crippen LogP contribution is 2.39. The number of nitrogens with zero attached hydrogens (tertiary/aromatic N) is 2. The van der Waals surface area contributed by atoms with Gasteiger partial charge in [-0.05, 0) is 72.8 Å². The summed E-state index contributed by atoms with van der Waals surface area (Å²) in [4.78, 5) is 0. The molecule has 0 atom stereocenters. The molecule has 38 heavy (non-hydrogen) atoms. The summed E-state index contributed by atoms with van der Waals surface area (Å²) in [7, 11) is 0. The van der Waals surface area contributed by atoms with E-state index in [1.807, 2.05) is 36.4 Å². The molecule has 1 fully saturated rings. The van der Waals surface area contributed by atoms with Crippen molar-refractivity contribution in [2.75, 3.05) is 6.61 Å². The molecule has 1 aliphatic rings. The minimum absolute atomic E-state index is 0.426. The Hall–Kier alpha value is -3.56. The summed E-state index contributed by atoms with van der Waals surface area (Å²) >= 11 is 0. The van der Waals surface area contributed by atoms with Crippen LogP contribution in [-0.4, -0.2) is 6.61 Å². The van der Waals surface area contributed by atoms with Crippen LogP contribution in [0, 0.1) is 28.6 Å². The van der Waals surface area contributed by atoms with Gasteiger partial charge in [0.25, 0.3) is 0 Å². The minimum Gasteiger partial charge on any atom is -0.494 e. The highest BCUT2D eigenvalue weighted by molar-refractivity contribution is 5.82. The number of nitriles is 2. The third-order valence-electron chi connectivity index (χ3n) is 8.12.